The molecule has 3 atom stereocenters. The van der Waals surface area contributed by atoms with E-state index in [-0.39, 0.29) is 6.04 Å². The number of benzene rings is 1. The van der Waals surface area contributed by atoms with Gasteiger partial charge in [-0.1, -0.05) is 12.1 Å². The number of hydrogen-bond donors (Lipinski definition) is 2. The molecule has 2 aromatic rings. The summed E-state index contributed by atoms with van der Waals surface area (Å²) in [7, 11) is 0. The predicted octanol–water partition coefficient (Wildman–Crippen LogP) is 1.85. The molecule has 130 valence electrons. The van der Waals surface area contributed by atoms with Crippen LogP contribution in [0.4, 0.5) is 0 Å². The second kappa shape index (κ2) is 6.29. The maximum absolute atomic E-state index is 5.55. The van der Waals surface area contributed by atoms with Gasteiger partial charge >= 0.3 is 0 Å². The number of hydrazine groups is 1. The van der Waals surface area contributed by atoms with E-state index in [0.717, 1.165) is 37.6 Å². The molecule has 1 aromatic heterocycles. The molecule has 0 bridgehead atoms. The largest absolute Gasteiger partial charge is 0.454 e. The number of hydrogen-bond acceptors (Lipinski definition) is 6. The number of likely N-dealkylation sites (tertiary alicyclic amines) is 1. The number of nitrogens with one attached hydrogen (secondary N) is 2. The third-order valence-electron chi connectivity index (χ3n) is 5.48. The van der Waals surface area contributed by atoms with Crippen LogP contribution in [-0.2, 0) is 6.54 Å². The van der Waals surface area contributed by atoms with E-state index in [0.29, 0.717) is 18.8 Å². The molecule has 0 spiro atoms. The van der Waals surface area contributed by atoms with Crippen LogP contribution in [0.3, 0.4) is 0 Å². The lowest BCUT2D eigenvalue weighted by atomic mass is 9.85. The van der Waals surface area contributed by atoms with Crippen LogP contribution in [0.15, 0.2) is 42.7 Å². The van der Waals surface area contributed by atoms with Crippen molar-refractivity contribution in [3.63, 3.8) is 0 Å². The molecule has 5 rings (SSSR count). The van der Waals surface area contributed by atoms with Gasteiger partial charge in [0.15, 0.2) is 11.5 Å². The van der Waals surface area contributed by atoms with Gasteiger partial charge in [-0.3, -0.25) is 15.3 Å². The maximum Gasteiger partial charge on any atom is 0.231 e. The Morgan fingerprint density at radius 3 is 3.04 bits per heavy atom. The van der Waals surface area contributed by atoms with Crippen LogP contribution in [0.5, 0.6) is 11.5 Å². The molecule has 0 radical (unpaired) electrons. The minimum Gasteiger partial charge on any atom is -0.454 e. The van der Waals surface area contributed by atoms with Crippen molar-refractivity contribution in [3.8, 4) is 11.5 Å². The van der Waals surface area contributed by atoms with Gasteiger partial charge in [-0.05, 0) is 35.7 Å². The number of pyridine rings is 1. The summed E-state index contributed by atoms with van der Waals surface area (Å²) in [5, 5.41) is 0. The average Bonchev–Trinajstić information content (AvgIpc) is 3.28. The quantitative estimate of drug-likeness (QED) is 0.891. The van der Waals surface area contributed by atoms with Gasteiger partial charge in [0.25, 0.3) is 0 Å². The summed E-state index contributed by atoms with van der Waals surface area (Å²) < 4.78 is 11.0. The number of aromatic nitrogens is 1. The van der Waals surface area contributed by atoms with Crippen molar-refractivity contribution >= 4 is 0 Å². The molecule has 1 aromatic carbocycles. The number of rotatable bonds is 3. The smallest absolute Gasteiger partial charge is 0.231 e. The Morgan fingerprint density at radius 2 is 2.12 bits per heavy atom. The highest BCUT2D eigenvalue weighted by Crippen LogP contribution is 2.39. The normalized spacial score (nSPS) is 28.1. The molecular formula is C19H22N4O2. The molecule has 4 heterocycles. The SMILES string of the molecule is c1cncc(CN2CCC3NNC(c4ccc5c(c4)OCO5)C3C2)c1. The van der Waals surface area contributed by atoms with Crippen molar-refractivity contribution in [1.82, 2.24) is 20.7 Å². The van der Waals surface area contributed by atoms with Crippen LogP contribution in [0.2, 0.25) is 0 Å². The fourth-order valence-electron chi connectivity index (χ4n) is 4.20. The summed E-state index contributed by atoms with van der Waals surface area (Å²) in [5.41, 5.74) is 9.54. The van der Waals surface area contributed by atoms with Crippen molar-refractivity contribution in [1.29, 1.82) is 0 Å². The first-order valence-corrected chi connectivity index (χ1v) is 8.89. The third-order valence-corrected chi connectivity index (χ3v) is 5.48. The summed E-state index contributed by atoms with van der Waals surface area (Å²) in [6, 6.07) is 11.2. The Balaban J connectivity index is 1.33. The molecule has 0 aliphatic carbocycles. The van der Waals surface area contributed by atoms with Gasteiger partial charge in [-0.15, -0.1) is 0 Å². The standard InChI is InChI=1S/C19H22N4O2/c1-2-13(9-20-6-1)10-23-7-5-16-15(11-23)19(22-21-16)14-3-4-17-18(8-14)25-12-24-17/h1-4,6,8-9,15-16,19,21-22H,5,7,10-12H2. The molecule has 0 saturated carbocycles. The Hall–Kier alpha value is -2.15. The summed E-state index contributed by atoms with van der Waals surface area (Å²) in [5.74, 6) is 2.23. The van der Waals surface area contributed by atoms with E-state index in [1.807, 2.05) is 24.5 Å². The zero-order valence-electron chi connectivity index (χ0n) is 14.0. The molecule has 6 heteroatoms. The number of ether oxygens (including phenoxy) is 2. The molecule has 25 heavy (non-hydrogen) atoms. The molecule has 3 aliphatic heterocycles. The van der Waals surface area contributed by atoms with Crippen molar-refractivity contribution in [3.05, 3.63) is 53.9 Å². The van der Waals surface area contributed by atoms with Gasteiger partial charge in [0.05, 0.1) is 6.04 Å². The molecule has 2 saturated heterocycles. The monoisotopic (exact) mass is 338 g/mol. The van der Waals surface area contributed by atoms with E-state index in [9.17, 15) is 0 Å². The van der Waals surface area contributed by atoms with Gasteiger partial charge in [-0.25, -0.2) is 5.43 Å². The van der Waals surface area contributed by atoms with Gasteiger partial charge in [0, 0.05) is 44.0 Å². The molecule has 0 amide bonds. The van der Waals surface area contributed by atoms with E-state index in [2.05, 4.69) is 38.9 Å². The summed E-state index contributed by atoms with van der Waals surface area (Å²) >= 11 is 0. The minimum atomic E-state index is 0.288. The Morgan fingerprint density at radius 1 is 1.16 bits per heavy atom. The van der Waals surface area contributed by atoms with Gasteiger partial charge in [0.2, 0.25) is 6.79 Å². The van der Waals surface area contributed by atoms with E-state index >= 15 is 0 Å². The van der Waals surface area contributed by atoms with Crippen molar-refractivity contribution < 1.29 is 9.47 Å². The zero-order chi connectivity index (χ0) is 16.6. The maximum atomic E-state index is 5.55. The average molecular weight is 338 g/mol. The second-order valence-electron chi connectivity index (χ2n) is 7.03. The van der Waals surface area contributed by atoms with Crippen LogP contribution in [0.1, 0.15) is 23.6 Å². The minimum absolute atomic E-state index is 0.288. The van der Waals surface area contributed by atoms with E-state index in [1.165, 1.54) is 11.1 Å². The molecule has 2 fully saturated rings. The highest BCUT2D eigenvalue weighted by atomic mass is 16.7. The van der Waals surface area contributed by atoms with Crippen LogP contribution in [-0.4, -0.2) is 35.8 Å². The van der Waals surface area contributed by atoms with Crippen LogP contribution in [0, 0.1) is 5.92 Å². The first-order chi connectivity index (χ1) is 12.4. The lowest BCUT2D eigenvalue weighted by Gasteiger charge is -2.36. The molecule has 3 aliphatic rings. The Kier molecular flexibility index (Phi) is 3.81. The number of piperidine rings is 1. The van der Waals surface area contributed by atoms with Crippen molar-refractivity contribution in [2.24, 2.45) is 5.92 Å². The van der Waals surface area contributed by atoms with Gasteiger partial charge < -0.3 is 9.47 Å². The lowest BCUT2D eigenvalue weighted by molar-refractivity contribution is 0.148. The van der Waals surface area contributed by atoms with E-state index in [4.69, 9.17) is 9.47 Å². The molecule has 6 nitrogen and oxygen atoms in total. The zero-order valence-corrected chi connectivity index (χ0v) is 14.0. The van der Waals surface area contributed by atoms with E-state index < -0.39 is 0 Å². The first kappa shape index (κ1) is 15.1. The van der Waals surface area contributed by atoms with Gasteiger partial charge in [0.1, 0.15) is 0 Å². The third kappa shape index (κ3) is 2.86. The number of nitrogens with zero attached hydrogens (tertiary/aromatic N) is 2. The highest BCUT2D eigenvalue weighted by molar-refractivity contribution is 5.45. The van der Waals surface area contributed by atoms with Crippen LogP contribution >= 0.6 is 0 Å². The molecule has 2 N–H and O–H groups in total. The van der Waals surface area contributed by atoms with E-state index in [1.54, 1.807) is 0 Å². The van der Waals surface area contributed by atoms with Crippen LogP contribution in [0.25, 0.3) is 0 Å². The molecule has 3 unspecified atom stereocenters. The Labute approximate surface area is 147 Å². The summed E-state index contributed by atoms with van der Waals surface area (Å²) in [6.45, 7) is 3.46. The summed E-state index contributed by atoms with van der Waals surface area (Å²) in [6.07, 6.45) is 4.95. The number of fused-ring (bicyclic) bond motifs is 2. The summed E-state index contributed by atoms with van der Waals surface area (Å²) in [4.78, 5) is 6.77. The Bertz CT molecular complexity index is 754. The van der Waals surface area contributed by atoms with Crippen molar-refractivity contribution in [2.75, 3.05) is 19.9 Å². The fourth-order valence-corrected chi connectivity index (χ4v) is 4.20. The fraction of sp³-hybridized carbons (Fsp3) is 0.421. The topological polar surface area (TPSA) is 58.7 Å². The second-order valence-corrected chi connectivity index (χ2v) is 7.03. The first-order valence-electron chi connectivity index (χ1n) is 8.89. The predicted molar refractivity (Wildman–Crippen MR) is 93.0 cm³/mol. The highest BCUT2D eigenvalue weighted by Gasteiger charge is 2.40. The molecular weight excluding hydrogens is 316 g/mol. The van der Waals surface area contributed by atoms with Crippen molar-refractivity contribution in [2.45, 2.75) is 25.0 Å². The lowest BCUT2D eigenvalue weighted by Crippen LogP contribution is -2.45. The van der Waals surface area contributed by atoms with Crippen LogP contribution < -0.4 is 20.3 Å². The van der Waals surface area contributed by atoms with Gasteiger partial charge in [-0.2, -0.15) is 0 Å².